The van der Waals surface area contributed by atoms with Gasteiger partial charge in [-0.1, -0.05) is 67.8 Å². The highest BCUT2D eigenvalue weighted by molar-refractivity contribution is 7.97. The van der Waals surface area contributed by atoms with Gasteiger partial charge in [0.25, 0.3) is 0 Å². The van der Waals surface area contributed by atoms with Crippen LogP contribution in [0, 0.1) is 0 Å². The molecule has 6 heteroatoms. The van der Waals surface area contributed by atoms with Gasteiger partial charge in [-0.3, -0.25) is 0 Å². The second-order valence-corrected chi connectivity index (χ2v) is 9.65. The van der Waals surface area contributed by atoms with Gasteiger partial charge in [0, 0.05) is 0 Å². The van der Waals surface area contributed by atoms with Crippen molar-refractivity contribution in [2.75, 3.05) is 0 Å². The first-order valence-electron chi connectivity index (χ1n) is 10.6. The molecule has 1 aliphatic carbocycles. The van der Waals surface area contributed by atoms with Crippen LogP contribution in [0.15, 0.2) is 99.6 Å². The zero-order valence-corrected chi connectivity index (χ0v) is 18.4. The number of alkyl halides is 3. The molecule has 3 aromatic carbocycles. The third kappa shape index (κ3) is 6.63. The maximum Gasteiger partial charge on any atom is 0.430 e. The van der Waals surface area contributed by atoms with Crippen molar-refractivity contribution in [3.8, 4) is 0 Å². The zero-order chi connectivity index (χ0) is 23.0. The van der Waals surface area contributed by atoms with Gasteiger partial charge >= 0.3 is 6.18 Å². The fourth-order valence-corrected chi connectivity index (χ4v) is 5.92. The summed E-state index contributed by atoms with van der Waals surface area (Å²) in [4.78, 5) is 13.0. The molecule has 0 aliphatic heterocycles. The van der Waals surface area contributed by atoms with Crippen molar-refractivity contribution in [1.82, 2.24) is 0 Å². The second kappa shape index (κ2) is 11.2. The molecule has 1 saturated carbocycles. The maximum atomic E-state index is 10.5. The van der Waals surface area contributed by atoms with E-state index >= 15 is 0 Å². The smallest absolute Gasteiger partial charge is 0.430 e. The number of aliphatic carboxylic acids is 1. The molecular formula is C26H25F3O2S. The Morgan fingerprint density at radius 3 is 1.53 bits per heavy atom. The minimum absolute atomic E-state index is 0.0278. The van der Waals surface area contributed by atoms with E-state index < -0.39 is 12.1 Å². The van der Waals surface area contributed by atoms with Gasteiger partial charge in [-0.15, -0.1) is 0 Å². The minimum atomic E-state index is -5.19. The Morgan fingerprint density at radius 1 is 0.719 bits per heavy atom. The second-order valence-electron chi connectivity index (χ2n) is 7.62. The van der Waals surface area contributed by atoms with Gasteiger partial charge in [0.15, 0.2) is 14.7 Å². The Bertz CT molecular complexity index is 928. The Morgan fingerprint density at radius 2 is 1.12 bits per heavy atom. The third-order valence-electron chi connectivity index (χ3n) is 5.38. The fraction of sp³-hybridized carbons (Fsp3) is 0.269. The molecule has 0 spiro atoms. The van der Waals surface area contributed by atoms with E-state index in [1.165, 1.54) is 52.4 Å². The van der Waals surface area contributed by atoms with Crippen molar-refractivity contribution >= 4 is 16.9 Å². The summed E-state index contributed by atoms with van der Waals surface area (Å²) in [5.74, 6) is -2.23. The molecule has 1 fully saturated rings. The summed E-state index contributed by atoms with van der Waals surface area (Å²) in [6.45, 7) is 0. The van der Waals surface area contributed by atoms with Crippen LogP contribution in [0.1, 0.15) is 43.6 Å². The Balaban J connectivity index is 0.000000360. The van der Waals surface area contributed by atoms with Crippen LogP contribution in [-0.2, 0) is 15.7 Å². The van der Waals surface area contributed by atoms with Crippen LogP contribution in [0.5, 0.6) is 0 Å². The van der Waals surface area contributed by atoms with Crippen molar-refractivity contribution in [3.63, 3.8) is 0 Å². The highest BCUT2D eigenvalue weighted by atomic mass is 32.2. The molecule has 32 heavy (non-hydrogen) atoms. The molecule has 0 N–H and O–H groups in total. The van der Waals surface area contributed by atoms with E-state index in [1.807, 2.05) is 0 Å². The summed E-state index contributed by atoms with van der Waals surface area (Å²) in [6.07, 6.45) is 1.74. The van der Waals surface area contributed by atoms with Crippen molar-refractivity contribution < 1.29 is 23.1 Å². The number of hydrogen-bond acceptors (Lipinski definition) is 2. The number of carboxylic acid groups (broad SMARTS) is 1. The van der Waals surface area contributed by atoms with Gasteiger partial charge < -0.3 is 9.90 Å². The predicted molar refractivity (Wildman–Crippen MR) is 118 cm³/mol. The minimum Gasteiger partial charge on any atom is -0.542 e. The van der Waals surface area contributed by atoms with E-state index in [-0.39, 0.29) is 10.9 Å². The molecule has 0 saturated heterocycles. The SMILES string of the molecule is O=C([O-])C(F)(F)F.c1ccc([S+](c2ccccc2)c2ccc(C3CCCCC3)cc2)cc1. The number of hydrogen-bond donors (Lipinski definition) is 0. The van der Waals surface area contributed by atoms with Crippen LogP contribution < -0.4 is 5.11 Å². The molecule has 0 radical (unpaired) electrons. The molecule has 0 heterocycles. The lowest BCUT2D eigenvalue weighted by molar-refractivity contribution is -0.344. The molecular weight excluding hydrogens is 433 g/mol. The lowest BCUT2D eigenvalue weighted by Crippen LogP contribution is -2.37. The van der Waals surface area contributed by atoms with Crippen LogP contribution in [0.25, 0.3) is 0 Å². The van der Waals surface area contributed by atoms with Crippen LogP contribution in [0.4, 0.5) is 13.2 Å². The number of carbonyl (C=O) groups is 1. The summed E-state index contributed by atoms with van der Waals surface area (Å²) in [5.41, 5.74) is 1.54. The molecule has 0 amide bonds. The van der Waals surface area contributed by atoms with Gasteiger partial charge in [0.05, 0.1) is 10.9 Å². The lowest BCUT2D eigenvalue weighted by atomic mass is 9.84. The average molecular weight is 459 g/mol. The first-order valence-corrected chi connectivity index (χ1v) is 11.8. The Kier molecular flexibility index (Phi) is 8.39. The van der Waals surface area contributed by atoms with Crippen LogP contribution in [0.3, 0.4) is 0 Å². The van der Waals surface area contributed by atoms with E-state index in [0.29, 0.717) is 0 Å². The van der Waals surface area contributed by atoms with Crippen molar-refractivity contribution in [2.45, 2.75) is 58.9 Å². The van der Waals surface area contributed by atoms with E-state index in [1.54, 1.807) is 0 Å². The molecule has 0 unspecified atom stereocenters. The maximum absolute atomic E-state index is 10.5. The number of halogens is 3. The van der Waals surface area contributed by atoms with E-state index in [9.17, 15) is 13.2 Å². The van der Waals surface area contributed by atoms with Crippen LogP contribution >= 0.6 is 0 Å². The standard InChI is InChI=1S/C24H25S.C2HF3O2/c1-4-10-20(11-5-1)21-16-18-24(19-17-21)25(22-12-6-2-7-13-22)23-14-8-3-9-15-23;3-2(4,5)1(6)7/h2-3,6-9,12-20H,1,4-5,10-11H2;(H,6,7)/q+1;/p-1. The van der Waals surface area contributed by atoms with Gasteiger partial charge in [-0.05, 0) is 60.7 Å². The van der Waals surface area contributed by atoms with Gasteiger partial charge in [-0.25, -0.2) is 0 Å². The zero-order valence-electron chi connectivity index (χ0n) is 17.6. The van der Waals surface area contributed by atoms with Gasteiger partial charge in [0.2, 0.25) is 0 Å². The van der Waals surface area contributed by atoms with Gasteiger partial charge in [0.1, 0.15) is 5.97 Å². The first-order chi connectivity index (χ1) is 15.4. The lowest BCUT2D eigenvalue weighted by Gasteiger charge is -2.22. The predicted octanol–water partition coefficient (Wildman–Crippen LogP) is 6.13. The molecule has 0 atom stereocenters. The quantitative estimate of drug-likeness (QED) is 0.442. The topological polar surface area (TPSA) is 40.1 Å². The highest BCUT2D eigenvalue weighted by Crippen LogP contribution is 2.35. The van der Waals surface area contributed by atoms with E-state index in [2.05, 4.69) is 84.9 Å². The average Bonchev–Trinajstić information content (AvgIpc) is 2.82. The van der Waals surface area contributed by atoms with Crippen LogP contribution in [0.2, 0.25) is 0 Å². The number of carboxylic acids is 1. The first kappa shape index (κ1) is 23.9. The summed E-state index contributed by atoms with van der Waals surface area (Å²) >= 11 is 0. The van der Waals surface area contributed by atoms with Crippen LogP contribution in [-0.4, -0.2) is 12.1 Å². The normalized spacial score (nSPS) is 14.5. The number of benzene rings is 3. The highest BCUT2D eigenvalue weighted by Gasteiger charge is 2.29. The van der Waals surface area contributed by atoms with Crippen molar-refractivity contribution in [2.24, 2.45) is 0 Å². The molecule has 168 valence electrons. The van der Waals surface area contributed by atoms with E-state index in [4.69, 9.17) is 9.90 Å². The van der Waals surface area contributed by atoms with E-state index in [0.717, 1.165) is 5.92 Å². The third-order valence-corrected chi connectivity index (χ3v) is 7.61. The number of carbonyl (C=O) groups excluding carboxylic acids is 1. The van der Waals surface area contributed by atoms with Crippen molar-refractivity contribution in [3.05, 3.63) is 90.5 Å². The Labute approximate surface area is 189 Å². The van der Waals surface area contributed by atoms with Gasteiger partial charge in [-0.2, -0.15) is 13.2 Å². The Hall–Kier alpha value is -2.73. The summed E-state index contributed by atoms with van der Waals surface area (Å²) in [6, 6.07) is 31.3. The van der Waals surface area contributed by atoms with Crippen molar-refractivity contribution in [1.29, 1.82) is 0 Å². The monoisotopic (exact) mass is 458 g/mol. The molecule has 2 nitrogen and oxygen atoms in total. The fourth-order valence-electron chi connectivity index (χ4n) is 3.83. The summed E-state index contributed by atoms with van der Waals surface area (Å²) in [5, 5.41) is 8.78. The summed E-state index contributed by atoms with van der Waals surface area (Å²) < 4.78 is 31.5. The molecule has 4 rings (SSSR count). The number of rotatable bonds is 4. The summed E-state index contributed by atoms with van der Waals surface area (Å²) in [7, 11) is -0.0278. The molecule has 3 aromatic rings. The largest absolute Gasteiger partial charge is 0.542 e. The molecule has 1 aliphatic rings. The molecule has 0 bridgehead atoms. The molecule has 0 aromatic heterocycles.